The van der Waals surface area contributed by atoms with Crippen LogP contribution in [0.3, 0.4) is 0 Å². The third kappa shape index (κ3) is 3.16. The van der Waals surface area contributed by atoms with Gasteiger partial charge in [-0.15, -0.1) is 0 Å². The van der Waals surface area contributed by atoms with Crippen LogP contribution >= 0.6 is 11.6 Å². The molecule has 1 aromatic carbocycles. The Balaban J connectivity index is 1.99. The molecule has 1 aliphatic rings. The second-order valence-corrected chi connectivity index (χ2v) is 5.54. The third-order valence-corrected chi connectivity index (χ3v) is 4.13. The van der Waals surface area contributed by atoms with Gasteiger partial charge in [-0.3, -0.25) is 4.90 Å². The molecule has 4 heteroatoms. The van der Waals surface area contributed by atoms with Crippen molar-refractivity contribution in [2.24, 2.45) is 0 Å². The van der Waals surface area contributed by atoms with Crippen LogP contribution in [0.15, 0.2) is 18.2 Å². The van der Waals surface area contributed by atoms with Gasteiger partial charge in [0.25, 0.3) is 0 Å². The number of rotatable bonds is 3. The van der Waals surface area contributed by atoms with E-state index in [-0.39, 0.29) is 0 Å². The molecule has 0 amide bonds. The Hall–Kier alpha value is -0.770. The number of benzene rings is 1. The Bertz CT molecular complexity index is 408. The van der Waals surface area contributed by atoms with E-state index in [1.54, 1.807) is 0 Å². The average Bonchev–Trinajstić information content (AvgIpc) is 2.36. The monoisotopic (exact) mass is 267 g/mol. The number of hydrogen-bond acceptors (Lipinski definition) is 3. The molecule has 0 radical (unpaired) electrons. The normalized spacial score (nSPS) is 22.3. The van der Waals surface area contributed by atoms with Crippen LogP contribution < -0.4 is 5.73 Å². The second-order valence-electron chi connectivity index (χ2n) is 5.13. The smallest absolute Gasteiger partial charge is 0.0638 e. The SMILES string of the molecule is CCC1CN(Cc2ccc(N)c(Cl)c2)CCN1C. The standard InChI is InChI=1S/C14H22ClN3/c1-3-12-10-18(7-6-17(12)2)9-11-4-5-14(16)13(15)8-11/h4-5,8,12H,3,6-7,9-10,16H2,1-2H3. The number of nitrogens with zero attached hydrogens (tertiary/aromatic N) is 2. The van der Waals surface area contributed by atoms with E-state index in [1.165, 1.54) is 12.0 Å². The van der Waals surface area contributed by atoms with Crippen LogP contribution in [-0.2, 0) is 6.54 Å². The van der Waals surface area contributed by atoms with Crippen molar-refractivity contribution in [2.45, 2.75) is 25.9 Å². The lowest BCUT2D eigenvalue weighted by Gasteiger charge is -2.39. The maximum atomic E-state index is 6.06. The molecule has 0 saturated carbocycles. The van der Waals surface area contributed by atoms with Gasteiger partial charge in [0, 0.05) is 32.2 Å². The van der Waals surface area contributed by atoms with Gasteiger partial charge in [-0.2, -0.15) is 0 Å². The molecule has 0 bridgehead atoms. The second kappa shape index (κ2) is 5.91. The van der Waals surface area contributed by atoms with Gasteiger partial charge in [0.1, 0.15) is 0 Å². The molecule has 0 spiro atoms. The van der Waals surface area contributed by atoms with Crippen molar-refractivity contribution in [1.29, 1.82) is 0 Å². The zero-order chi connectivity index (χ0) is 13.1. The first kappa shape index (κ1) is 13.7. The van der Waals surface area contributed by atoms with Gasteiger partial charge in [0.15, 0.2) is 0 Å². The predicted molar refractivity (Wildman–Crippen MR) is 77.9 cm³/mol. The van der Waals surface area contributed by atoms with E-state index >= 15 is 0 Å². The number of hydrogen-bond donors (Lipinski definition) is 1. The van der Waals surface area contributed by atoms with Gasteiger partial charge in [-0.25, -0.2) is 0 Å². The van der Waals surface area contributed by atoms with E-state index in [1.807, 2.05) is 12.1 Å². The minimum atomic E-state index is 0.658. The molecule has 1 heterocycles. The van der Waals surface area contributed by atoms with Crippen LogP contribution in [0.4, 0.5) is 5.69 Å². The maximum Gasteiger partial charge on any atom is 0.0638 e. The number of nitrogens with two attached hydrogens (primary N) is 1. The van der Waals surface area contributed by atoms with Crippen LogP contribution in [0, 0.1) is 0 Å². The number of nitrogen functional groups attached to an aromatic ring is 1. The van der Waals surface area contributed by atoms with E-state index in [4.69, 9.17) is 17.3 Å². The Morgan fingerprint density at radius 2 is 2.17 bits per heavy atom. The fraction of sp³-hybridized carbons (Fsp3) is 0.571. The molecule has 2 rings (SSSR count). The van der Waals surface area contributed by atoms with E-state index in [9.17, 15) is 0 Å². The highest BCUT2D eigenvalue weighted by Crippen LogP contribution is 2.21. The lowest BCUT2D eigenvalue weighted by atomic mass is 10.1. The van der Waals surface area contributed by atoms with E-state index < -0.39 is 0 Å². The summed E-state index contributed by atoms with van der Waals surface area (Å²) in [5.74, 6) is 0. The fourth-order valence-corrected chi connectivity index (χ4v) is 2.73. The van der Waals surface area contributed by atoms with Crippen molar-refractivity contribution in [2.75, 3.05) is 32.4 Å². The van der Waals surface area contributed by atoms with Crippen LogP contribution in [-0.4, -0.2) is 42.5 Å². The Morgan fingerprint density at radius 3 is 2.83 bits per heavy atom. The summed E-state index contributed by atoms with van der Waals surface area (Å²) in [7, 11) is 2.21. The zero-order valence-corrected chi connectivity index (χ0v) is 12.0. The van der Waals surface area contributed by atoms with Crippen molar-refractivity contribution in [1.82, 2.24) is 9.80 Å². The third-order valence-electron chi connectivity index (χ3n) is 3.80. The molecule has 1 atom stereocenters. The molecule has 1 aromatic rings. The molecular weight excluding hydrogens is 246 g/mol. The van der Waals surface area contributed by atoms with E-state index in [0.717, 1.165) is 26.2 Å². The summed E-state index contributed by atoms with van der Waals surface area (Å²) in [5.41, 5.74) is 7.63. The molecule has 1 unspecified atom stereocenters. The first-order valence-electron chi connectivity index (χ1n) is 6.56. The zero-order valence-electron chi connectivity index (χ0n) is 11.2. The van der Waals surface area contributed by atoms with Gasteiger partial charge in [0.2, 0.25) is 0 Å². The van der Waals surface area contributed by atoms with Crippen molar-refractivity contribution >= 4 is 17.3 Å². The highest BCUT2D eigenvalue weighted by atomic mass is 35.5. The van der Waals surface area contributed by atoms with Crippen LogP contribution in [0.1, 0.15) is 18.9 Å². The van der Waals surface area contributed by atoms with E-state index in [2.05, 4.69) is 29.8 Å². The number of anilines is 1. The van der Waals surface area contributed by atoms with Gasteiger partial charge >= 0.3 is 0 Å². The maximum absolute atomic E-state index is 6.06. The molecular formula is C14H22ClN3. The van der Waals surface area contributed by atoms with Crippen molar-refractivity contribution in [3.63, 3.8) is 0 Å². The first-order chi connectivity index (χ1) is 8.60. The fourth-order valence-electron chi connectivity index (χ4n) is 2.52. The summed E-state index contributed by atoms with van der Waals surface area (Å²) >= 11 is 6.06. The van der Waals surface area contributed by atoms with Gasteiger partial charge in [-0.05, 0) is 31.2 Å². The van der Waals surface area contributed by atoms with Crippen LogP contribution in [0.2, 0.25) is 5.02 Å². The summed E-state index contributed by atoms with van der Waals surface area (Å²) < 4.78 is 0. The highest BCUT2D eigenvalue weighted by molar-refractivity contribution is 6.33. The van der Waals surface area contributed by atoms with Crippen LogP contribution in [0.25, 0.3) is 0 Å². The van der Waals surface area contributed by atoms with Crippen molar-refractivity contribution in [3.05, 3.63) is 28.8 Å². The topological polar surface area (TPSA) is 32.5 Å². The number of piperazine rings is 1. The largest absolute Gasteiger partial charge is 0.398 e. The number of likely N-dealkylation sites (N-methyl/N-ethyl adjacent to an activating group) is 1. The molecule has 100 valence electrons. The number of halogens is 1. The van der Waals surface area contributed by atoms with Gasteiger partial charge < -0.3 is 10.6 Å². The minimum Gasteiger partial charge on any atom is -0.398 e. The quantitative estimate of drug-likeness (QED) is 0.854. The molecule has 18 heavy (non-hydrogen) atoms. The lowest BCUT2D eigenvalue weighted by Crippen LogP contribution is -2.50. The summed E-state index contributed by atoms with van der Waals surface area (Å²) in [6.45, 7) is 6.61. The molecule has 0 aliphatic carbocycles. The minimum absolute atomic E-state index is 0.658. The first-order valence-corrected chi connectivity index (χ1v) is 6.94. The molecule has 1 fully saturated rings. The summed E-state index contributed by atoms with van der Waals surface area (Å²) in [6, 6.07) is 6.62. The lowest BCUT2D eigenvalue weighted by molar-refractivity contribution is 0.0884. The molecule has 1 aliphatic heterocycles. The molecule has 3 nitrogen and oxygen atoms in total. The molecule has 1 saturated heterocycles. The molecule has 2 N–H and O–H groups in total. The van der Waals surface area contributed by atoms with Crippen LogP contribution in [0.5, 0.6) is 0 Å². The summed E-state index contributed by atoms with van der Waals surface area (Å²) in [4.78, 5) is 4.95. The Labute approximate surface area is 115 Å². The summed E-state index contributed by atoms with van der Waals surface area (Å²) in [5, 5.41) is 0.661. The predicted octanol–water partition coefficient (Wildman–Crippen LogP) is 2.45. The molecule has 0 aromatic heterocycles. The summed E-state index contributed by atoms with van der Waals surface area (Å²) in [6.07, 6.45) is 1.20. The van der Waals surface area contributed by atoms with Gasteiger partial charge in [-0.1, -0.05) is 24.6 Å². The van der Waals surface area contributed by atoms with E-state index in [0.29, 0.717) is 16.8 Å². The highest BCUT2D eigenvalue weighted by Gasteiger charge is 2.22. The van der Waals surface area contributed by atoms with Crippen molar-refractivity contribution < 1.29 is 0 Å². The Morgan fingerprint density at radius 1 is 1.39 bits per heavy atom. The van der Waals surface area contributed by atoms with Gasteiger partial charge in [0.05, 0.1) is 10.7 Å². The average molecular weight is 268 g/mol. The Kier molecular flexibility index (Phi) is 4.49. The van der Waals surface area contributed by atoms with Crippen molar-refractivity contribution in [3.8, 4) is 0 Å².